The van der Waals surface area contributed by atoms with E-state index >= 15 is 0 Å². The maximum Gasteiger partial charge on any atom is 0.246 e. The van der Waals surface area contributed by atoms with E-state index in [9.17, 15) is 9.90 Å². The molecule has 2 saturated heterocycles. The number of benzene rings is 1. The molecule has 6 rings (SSSR count). The summed E-state index contributed by atoms with van der Waals surface area (Å²) in [5.41, 5.74) is 10.8. The minimum Gasteiger partial charge on any atom is -0.490 e. The quantitative estimate of drug-likeness (QED) is 0.389. The second-order valence-corrected chi connectivity index (χ2v) is 10.5. The average Bonchev–Trinajstić information content (AvgIpc) is 3.20. The lowest BCUT2D eigenvalue weighted by Gasteiger charge is -2.47. The number of aromatic nitrogens is 3. The molecule has 0 unspecified atom stereocenters. The molecule has 2 atom stereocenters. The molecule has 3 aromatic rings. The zero-order chi connectivity index (χ0) is 27.3. The number of aliphatic hydroxyl groups is 1. The second-order valence-electron chi connectivity index (χ2n) is 10.5. The highest BCUT2D eigenvalue weighted by Gasteiger charge is 2.38. The molecule has 1 amide bonds. The topological polar surface area (TPSA) is 113 Å². The molecule has 2 aromatic heterocycles. The molecule has 0 bridgehead atoms. The molecule has 5 heterocycles. The van der Waals surface area contributed by atoms with Gasteiger partial charge in [-0.2, -0.15) is 0 Å². The highest BCUT2D eigenvalue weighted by molar-refractivity contribution is 6.04. The number of ether oxygens (including phenoxy) is 1. The maximum absolute atomic E-state index is 11.9. The van der Waals surface area contributed by atoms with Crippen molar-refractivity contribution in [3.63, 3.8) is 0 Å². The van der Waals surface area contributed by atoms with Crippen molar-refractivity contribution in [2.45, 2.75) is 18.6 Å². The van der Waals surface area contributed by atoms with Crippen molar-refractivity contribution in [2.75, 3.05) is 57.0 Å². The molecule has 0 aliphatic carbocycles. The molecule has 39 heavy (non-hydrogen) atoms. The summed E-state index contributed by atoms with van der Waals surface area (Å²) in [6.45, 7) is 7.56. The molecule has 1 aromatic carbocycles. The average molecular weight is 528 g/mol. The third kappa shape index (κ3) is 4.37. The Morgan fingerprint density at radius 3 is 2.82 bits per heavy atom. The third-order valence-electron chi connectivity index (χ3n) is 8.15. The van der Waals surface area contributed by atoms with E-state index in [1.807, 2.05) is 17.7 Å². The molecule has 3 aliphatic heterocycles. The van der Waals surface area contributed by atoms with Gasteiger partial charge in [0.05, 0.1) is 23.7 Å². The number of nitrogens with two attached hydrogens (primary N) is 1. The van der Waals surface area contributed by atoms with Gasteiger partial charge < -0.3 is 29.9 Å². The summed E-state index contributed by atoms with van der Waals surface area (Å²) in [7, 11) is 4.01. The van der Waals surface area contributed by atoms with Crippen LogP contribution >= 0.6 is 0 Å². The Hall–Kier alpha value is -4.07. The van der Waals surface area contributed by atoms with Gasteiger partial charge in [0.1, 0.15) is 35.8 Å². The molecule has 0 saturated carbocycles. The zero-order valence-corrected chi connectivity index (χ0v) is 22.3. The second kappa shape index (κ2) is 9.91. The Morgan fingerprint density at radius 2 is 2.05 bits per heavy atom. The number of β-amino-alcohol motifs (C(OH)–C–C–N with tert-alkyl or cyclic N) is 1. The van der Waals surface area contributed by atoms with Crippen LogP contribution in [0, 0.1) is 17.8 Å². The number of anilines is 2. The number of aliphatic hydroxyl groups excluding tert-OH is 1. The summed E-state index contributed by atoms with van der Waals surface area (Å²) in [4.78, 5) is 26.8. The number of carbonyl (C=O) groups is 1. The molecule has 3 aliphatic rings. The van der Waals surface area contributed by atoms with Gasteiger partial charge in [0, 0.05) is 57.8 Å². The van der Waals surface area contributed by atoms with Crippen molar-refractivity contribution in [1.82, 2.24) is 24.3 Å². The minimum absolute atomic E-state index is 0.0359. The first-order valence-electron chi connectivity index (χ1n) is 13.3. The Bertz CT molecular complexity index is 1510. The molecule has 10 nitrogen and oxygen atoms in total. The van der Waals surface area contributed by atoms with Crippen LogP contribution in [0.15, 0.2) is 37.2 Å². The molecule has 10 heteroatoms. The van der Waals surface area contributed by atoms with E-state index in [0.717, 1.165) is 65.3 Å². The normalized spacial score (nSPS) is 21.5. The Balaban J connectivity index is 1.27. The molecule has 3 N–H and O–H groups in total. The van der Waals surface area contributed by atoms with Crippen LogP contribution in [0.4, 0.5) is 11.5 Å². The number of carbonyl (C=O) groups excluding carboxylic acids is 1. The van der Waals surface area contributed by atoms with Crippen LogP contribution in [0.3, 0.4) is 0 Å². The number of rotatable bonds is 3. The van der Waals surface area contributed by atoms with Gasteiger partial charge in [-0.05, 0) is 36.1 Å². The van der Waals surface area contributed by atoms with Crippen molar-refractivity contribution >= 4 is 28.4 Å². The van der Waals surface area contributed by atoms with Crippen LogP contribution in [0.5, 0.6) is 5.75 Å². The number of likely N-dealkylation sites (N-methyl/N-ethyl adjacent to an activating group) is 1. The Labute approximate surface area is 227 Å². The fourth-order valence-corrected chi connectivity index (χ4v) is 5.94. The number of amides is 1. The number of aryl methyl sites for hydroxylation is 1. The Morgan fingerprint density at radius 1 is 1.23 bits per heavy atom. The highest BCUT2D eigenvalue weighted by Crippen LogP contribution is 2.40. The summed E-state index contributed by atoms with van der Waals surface area (Å²) in [5, 5.41) is 11.5. The first-order valence-corrected chi connectivity index (χ1v) is 13.3. The number of fused-ring (bicyclic) bond motifs is 2. The van der Waals surface area contributed by atoms with Gasteiger partial charge in [0.25, 0.3) is 0 Å². The number of hydrogen-bond acceptors (Lipinski definition) is 8. The minimum atomic E-state index is -0.576. The maximum atomic E-state index is 11.9. The molecule has 2 fully saturated rings. The van der Waals surface area contributed by atoms with Crippen LogP contribution in [0.25, 0.3) is 22.2 Å². The zero-order valence-electron chi connectivity index (χ0n) is 22.3. The summed E-state index contributed by atoms with van der Waals surface area (Å²) in [5.74, 6) is 8.19. The fraction of sp³-hybridized carbons (Fsp3) is 0.414. The smallest absolute Gasteiger partial charge is 0.246 e. The van der Waals surface area contributed by atoms with Gasteiger partial charge in [-0.1, -0.05) is 18.6 Å². The van der Waals surface area contributed by atoms with Crippen molar-refractivity contribution < 1.29 is 14.6 Å². The van der Waals surface area contributed by atoms with Gasteiger partial charge in [-0.25, -0.2) is 9.97 Å². The van der Waals surface area contributed by atoms with Gasteiger partial charge >= 0.3 is 0 Å². The number of piperidine rings is 1. The van der Waals surface area contributed by atoms with Crippen LogP contribution in [0.1, 0.15) is 12.1 Å². The van der Waals surface area contributed by atoms with Crippen LogP contribution < -0.4 is 15.4 Å². The molecule has 202 valence electrons. The lowest BCUT2D eigenvalue weighted by atomic mass is 9.91. The largest absolute Gasteiger partial charge is 0.490 e. The van der Waals surface area contributed by atoms with Gasteiger partial charge in [0.2, 0.25) is 5.91 Å². The van der Waals surface area contributed by atoms with Crippen LogP contribution in [-0.4, -0.2) is 93.9 Å². The number of nitrogens with zero attached hydrogens (tertiary/aromatic N) is 6. The highest BCUT2D eigenvalue weighted by atomic mass is 16.5. The third-order valence-corrected chi connectivity index (χ3v) is 8.15. The molecule has 0 spiro atoms. The van der Waals surface area contributed by atoms with Gasteiger partial charge in [-0.15, -0.1) is 0 Å². The Kier molecular flexibility index (Phi) is 6.41. The summed E-state index contributed by atoms with van der Waals surface area (Å²) in [6, 6.07) is 6.23. The monoisotopic (exact) mass is 527 g/mol. The molecular weight excluding hydrogens is 494 g/mol. The lowest BCUT2D eigenvalue weighted by Crippen LogP contribution is -2.61. The predicted molar refractivity (Wildman–Crippen MR) is 150 cm³/mol. The van der Waals surface area contributed by atoms with E-state index in [0.29, 0.717) is 25.5 Å². The molecular formula is C29H33N7O3. The van der Waals surface area contributed by atoms with E-state index in [4.69, 9.17) is 10.5 Å². The van der Waals surface area contributed by atoms with Gasteiger partial charge in [0.15, 0.2) is 0 Å². The predicted octanol–water partition coefficient (Wildman–Crippen LogP) is 1.48. The van der Waals surface area contributed by atoms with Crippen molar-refractivity contribution in [1.29, 1.82) is 0 Å². The van der Waals surface area contributed by atoms with E-state index in [2.05, 4.69) is 57.4 Å². The van der Waals surface area contributed by atoms with E-state index in [1.165, 1.54) is 12.4 Å². The summed E-state index contributed by atoms with van der Waals surface area (Å²) >= 11 is 0. The van der Waals surface area contributed by atoms with E-state index in [1.54, 1.807) is 4.90 Å². The SMILES string of the molecule is C=CC(=O)N1CC[C@@H](N2CC(C#Cc3c(-c4ccc5c(c4)OCCN5C)c4c(N)ncnc4n3C)C2)[C@@H](O)C1. The summed E-state index contributed by atoms with van der Waals surface area (Å²) in [6.07, 6.45) is 2.94. The first-order chi connectivity index (χ1) is 18.9. The van der Waals surface area contributed by atoms with Crippen LogP contribution in [-0.2, 0) is 11.8 Å². The van der Waals surface area contributed by atoms with Crippen molar-refractivity contribution in [2.24, 2.45) is 13.0 Å². The van der Waals surface area contributed by atoms with Gasteiger partial charge in [-0.3, -0.25) is 9.69 Å². The molecule has 0 radical (unpaired) electrons. The number of likely N-dealkylation sites (tertiary alicyclic amines) is 2. The van der Waals surface area contributed by atoms with Crippen molar-refractivity contribution in [3.05, 3.63) is 42.9 Å². The lowest BCUT2D eigenvalue weighted by molar-refractivity contribution is -0.132. The van der Waals surface area contributed by atoms with E-state index < -0.39 is 6.10 Å². The first kappa shape index (κ1) is 25.2. The fourth-order valence-electron chi connectivity index (χ4n) is 5.94. The standard InChI is InChI=1S/C29H33N7O3/c1-4-25(38)35-10-9-20(23(37)16-35)36-14-18(15-36)5-7-22-26(27-28(30)31-17-32-29(27)34(22)3)19-6-8-21-24(13-19)39-12-11-33(21)2/h4,6,8,13,17-18,20,23,37H,1,9-12,14-16H2,2-3H3,(H2,30,31,32)/t20-,23+/m1/s1. The van der Waals surface area contributed by atoms with Crippen molar-refractivity contribution in [3.8, 4) is 28.7 Å². The number of nitrogen functional groups attached to an aromatic ring is 1. The van der Waals surface area contributed by atoms with E-state index in [-0.39, 0.29) is 17.9 Å². The van der Waals surface area contributed by atoms with Crippen LogP contribution in [0.2, 0.25) is 0 Å². The summed E-state index contributed by atoms with van der Waals surface area (Å²) < 4.78 is 7.96. The number of hydrogen-bond donors (Lipinski definition) is 2.